The van der Waals surface area contributed by atoms with Crippen LogP contribution in [-0.4, -0.2) is 37.1 Å². The number of nitrogen functional groups attached to an aromatic ring is 1. The van der Waals surface area contributed by atoms with Crippen LogP contribution in [-0.2, 0) is 4.74 Å². The van der Waals surface area contributed by atoms with Crippen molar-refractivity contribution in [1.82, 2.24) is 4.90 Å². The number of piperidine rings is 1. The van der Waals surface area contributed by atoms with Crippen LogP contribution in [0.2, 0.25) is 0 Å². The molecule has 5 heteroatoms. The Bertz CT molecular complexity index is 459. The van der Waals surface area contributed by atoms with Gasteiger partial charge in [-0.25, -0.2) is 4.39 Å². The van der Waals surface area contributed by atoms with Crippen molar-refractivity contribution in [3.05, 3.63) is 29.1 Å². The number of carbonyl (C=O) groups is 1. The zero-order valence-corrected chi connectivity index (χ0v) is 11.3. The highest BCUT2D eigenvalue weighted by Crippen LogP contribution is 2.21. The molecule has 0 spiro atoms. The van der Waals surface area contributed by atoms with Gasteiger partial charge in [-0.05, 0) is 31.9 Å². The molecule has 104 valence electrons. The lowest BCUT2D eigenvalue weighted by Gasteiger charge is -2.31. The van der Waals surface area contributed by atoms with Crippen LogP contribution in [0.5, 0.6) is 0 Å². The summed E-state index contributed by atoms with van der Waals surface area (Å²) in [5.74, 6) is -0.602. The van der Waals surface area contributed by atoms with Crippen LogP contribution in [0, 0.1) is 12.7 Å². The lowest BCUT2D eigenvalue weighted by Crippen LogP contribution is -2.40. The molecule has 1 aromatic rings. The first-order valence-electron chi connectivity index (χ1n) is 6.40. The molecule has 1 amide bonds. The molecule has 2 rings (SSSR count). The van der Waals surface area contributed by atoms with E-state index >= 15 is 0 Å². The molecule has 1 aliphatic heterocycles. The van der Waals surface area contributed by atoms with Crippen LogP contribution in [0.3, 0.4) is 0 Å². The fourth-order valence-corrected chi connectivity index (χ4v) is 2.30. The number of nitrogens with zero attached hydrogens (tertiary/aromatic N) is 1. The number of hydrogen-bond acceptors (Lipinski definition) is 3. The number of ether oxygens (including phenoxy) is 1. The maximum Gasteiger partial charge on any atom is 0.254 e. The molecule has 0 aliphatic carbocycles. The van der Waals surface area contributed by atoms with E-state index in [9.17, 15) is 9.18 Å². The number of carbonyl (C=O) groups excluding carboxylic acids is 1. The van der Waals surface area contributed by atoms with Gasteiger partial charge in [0.05, 0.1) is 6.10 Å². The summed E-state index contributed by atoms with van der Waals surface area (Å²) < 4.78 is 18.9. The van der Waals surface area contributed by atoms with Crippen molar-refractivity contribution in [2.24, 2.45) is 0 Å². The Labute approximate surface area is 112 Å². The Hall–Kier alpha value is -1.62. The molecule has 0 unspecified atom stereocenters. The van der Waals surface area contributed by atoms with Crippen molar-refractivity contribution in [2.45, 2.75) is 25.9 Å². The third kappa shape index (κ3) is 2.87. The summed E-state index contributed by atoms with van der Waals surface area (Å²) >= 11 is 0. The van der Waals surface area contributed by atoms with Crippen LogP contribution in [0.15, 0.2) is 12.1 Å². The first kappa shape index (κ1) is 13.8. The molecule has 4 nitrogen and oxygen atoms in total. The summed E-state index contributed by atoms with van der Waals surface area (Å²) in [6.45, 7) is 2.86. The molecule has 0 bridgehead atoms. The number of benzene rings is 1. The van der Waals surface area contributed by atoms with Crippen molar-refractivity contribution in [2.75, 3.05) is 25.9 Å². The van der Waals surface area contributed by atoms with E-state index < -0.39 is 5.82 Å². The summed E-state index contributed by atoms with van der Waals surface area (Å²) in [6.07, 6.45) is 1.84. The second-order valence-electron chi connectivity index (χ2n) is 4.90. The first-order valence-corrected chi connectivity index (χ1v) is 6.40. The Morgan fingerprint density at radius 3 is 2.58 bits per heavy atom. The highest BCUT2D eigenvalue weighted by molar-refractivity contribution is 5.95. The number of halogens is 1. The Balaban J connectivity index is 2.12. The molecule has 0 aromatic heterocycles. The predicted molar refractivity (Wildman–Crippen MR) is 71.5 cm³/mol. The quantitative estimate of drug-likeness (QED) is 0.833. The molecular formula is C14H19FN2O2. The summed E-state index contributed by atoms with van der Waals surface area (Å²) in [5, 5.41) is 0. The van der Waals surface area contributed by atoms with E-state index in [0.717, 1.165) is 12.8 Å². The minimum atomic E-state index is -0.435. The Morgan fingerprint density at radius 2 is 2.05 bits per heavy atom. The van der Waals surface area contributed by atoms with Crippen molar-refractivity contribution < 1.29 is 13.9 Å². The van der Waals surface area contributed by atoms with Crippen molar-refractivity contribution in [3.63, 3.8) is 0 Å². The van der Waals surface area contributed by atoms with Gasteiger partial charge in [-0.15, -0.1) is 0 Å². The molecule has 0 saturated carbocycles. The predicted octanol–water partition coefficient (Wildman–Crippen LogP) is 1.97. The molecule has 0 radical (unpaired) electrons. The van der Waals surface area contributed by atoms with Crippen molar-refractivity contribution >= 4 is 11.6 Å². The summed E-state index contributed by atoms with van der Waals surface area (Å²) in [5.41, 5.74) is 6.72. The number of rotatable bonds is 2. The maximum atomic E-state index is 13.6. The second kappa shape index (κ2) is 5.57. The van der Waals surface area contributed by atoms with E-state index in [1.54, 1.807) is 25.0 Å². The van der Waals surface area contributed by atoms with Gasteiger partial charge in [-0.1, -0.05) is 0 Å². The molecule has 0 atom stereocenters. The Morgan fingerprint density at radius 1 is 1.42 bits per heavy atom. The third-order valence-corrected chi connectivity index (χ3v) is 3.69. The van der Waals surface area contributed by atoms with E-state index in [2.05, 4.69) is 0 Å². The fraction of sp³-hybridized carbons (Fsp3) is 0.500. The molecular weight excluding hydrogens is 247 g/mol. The Kier molecular flexibility index (Phi) is 4.04. The van der Waals surface area contributed by atoms with Gasteiger partial charge in [-0.2, -0.15) is 0 Å². The van der Waals surface area contributed by atoms with Crippen LogP contribution in [0.4, 0.5) is 10.1 Å². The summed E-state index contributed by atoms with van der Waals surface area (Å²) in [6, 6.07) is 2.81. The molecule has 1 heterocycles. The molecule has 1 fully saturated rings. The van der Waals surface area contributed by atoms with E-state index in [0.29, 0.717) is 29.9 Å². The first-order chi connectivity index (χ1) is 9.02. The van der Waals surface area contributed by atoms with Crippen LogP contribution in [0.25, 0.3) is 0 Å². The lowest BCUT2D eigenvalue weighted by atomic mass is 10.0. The largest absolute Gasteiger partial charge is 0.398 e. The van der Waals surface area contributed by atoms with Gasteiger partial charge >= 0.3 is 0 Å². The average Bonchev–Trinajstić information content (AvgIpc) is 2.43. The summed E-state index contributed by atoms with van der Waals surface area (Å²) in [7, 11) is 1.68. The number of anilines is 1. The minimum absolute atomic E-state index is 0.167. The second-order valence-corrected chi connectivity index (χ2v) is 4.90. The van der Waals surface area contributed by atoms with Gasteiger partial charge in [0, 0.05) is 37.0 Å². The topological polar surface area (TPSA) is 55.6 Å². The van der Waals surface area contributed by atoms with Crippen LogP contribution in [0.1, 0.15) is 28.8 Å². The number of amides is 1. The molecule has 1 saturated heterocycles. The third-order valence-electron chi connectivity index (χ3n) is 3.69. The summed E-state index contributed by atoms with van der Waals surface area (Å²) in [4.78, 5) is 14.0. The number of methoxy groups -OCH3 is 1. The molecule has 1 aromatic carbocycles. The van der Waals surface area contributed by atoms with Gasteiger partial charge in [-0.3, -0.25) is 4.79 Å². The van der Waals surface area contributed by atoms with Gasteiger partial charge in [0.1, 0.15) is 5.82 Å². The van der Waals surface area contributed by atoms with E-state index in [4.69, 9.17) is 10.5 Å². The lowest BCUT2D eigenvalue weighted by molar-refractivity contribution is 0.0350. The molecule has 1 aliphatic rings. The maximum absolute atomic E-state index is 13.6. The van der Waals surface area contributed by atoms with Crippen molar-refractivity contribution in [3.8, 4) is 0 Å². The van der Waals surface area contributed by atoms with Gasteiger partial charge < -0.3 is 15.4 Å². The monoisotopic (exact) mass is 266 g/mol. The van der Waals surface area contributed by atoms with Gasteiger partial charge in [0.15, 0.2) is 0 Å². The number of nitrogens with two attached hydrogens (primary N) is 1. The van der Waals surface area contributed by atoms with E-state index in [-0.39, 0.29) is 12.0 Å². The highest BCUT2D eigenvalue weighted by Gasteiger charge is 2.24. The van der Waals surface area contributed by atoms with Gasteiger partial charge in [0.25, 0.3) is 5.91 Å². The molecule has 19 heavy (non-hydrogen) atoms. The smallest absolute Gasteiger partial charge is 0.254 e. The standard InChI is InChI=1S/C14H19FN2O2/c1-9-12(15)7-10(8-13(9)16)14(18)17-5-3-11(19-2)4-6-17/h7-8,11H,3-6,16H2,1-2H3. The molecule has 2 N–H and O–H groups in total. The van der Waals surface area contributed by atoms with Crippen LogP contribution >= 0.6 is 0 Å². The number of hydrogen-bond donors (Lipinski definition) is 1. The van der Waals surface area contributed by atoms with E-state index in [1.165, 1.54) is 6.07 Å². The fourth-order valence-electron chi connectivity index (χ4n) is 2.30. The van der Waals surface area contributed by atoms with Crippen molar-refractivity contribution in [1.29, 1.82) is 0 Å². The zero-order chi connectivity index (χ0) is 14.0. The highest BCUT2D eigenvalue weighted by atomic mass is 19.1. The SMILES string of the molecule is COC1CCN(C(=O)c2cc(N)c(C)c(F)c2)CC1. The van der Waals surface area contributed by atoms with E-state index in [1.807, 2.05) is 0 Å². The van der Waals surface area contributed by atoms with Gasteiger partial charge in [0.2, 0.25) is 0 Å². The minimum Gasteiger partial charge on any atom is -0.398 e. The number of likely N-dealkylation sites (tertiary alicyclic amines) is 1. The van der Waals surface area contributed by atoms with Crippen LogP contribution < -0.4 is 5.73 Å². The average molecular weight is 266 g/mol. The normalized spacial score (nSPS) is 16.7. The zero-order valence-electron chi connectivity index (χ0n) is 11.3.